The zero-order valence-electron chi connectivity index (χ0n) is 13.8. The molecule has 2 aliphatic heterocycles. The predicted octanol–water partition coefficient (Wildman–Crippen LogP) is 3.00. The first-order valence-corrected chi connectivity index (χ1v) is 8.74. The normalized spacial score (nSPS) is 41.8. The number of benzene rings is 1. The maximum atomic E-state index is 6.54. The lowest BCUT2D eigenvalue weighted by Crippen LogP contribution is -2.65. The summed E-state index contributed by atoms with van der Waals surface area (Å²) in [5.74, 6) is 3.54. The quantitative estimate of drug-likeness (QED) is 0.796. The Bertz CT molecular complexity index is 643. The number of nitrogens with zero attached hydrogens (tertiary/aromatic N) is 1. The highest BCUT2D eigenvalue weighted by Crippen LogP contribution is 2.64. The number of rotatable bonds is 1. The van der Waals surface area contributed by atoms with Crippen LogP contribution in [-0.4, -0.2) is 37.7 Å². The minimum absolute atomic E-state index is 0.256. The number of hydrogen-bond donors (Lipinski definition) is 0. The van der Waals surface area contributed by atoms with Gasteiger partial charge in [0.1, 0.15) is 6.10 Å². The van der Waals surface area contributed by atoms with Gasteiger partial charge in [0.2, 0.25) is 0 Å². The molecule has 1 spiro atoms. The van der Waals surface area contributed by atoms with E-state index in [-0.39, 0.29) is 5.41 Å². The standard InChI is InChI=1S/C19H25NO2/c1-11-4-7-15-19-8-9-20(2)13(16(11)19)10-12-5-6-14(21-3)18(22-15)17(12)19/h5-6,11,13,15-16H,4,7-10H2,1-3H3/t11-,13+,15?,16?,19-/m0/s1. The van der Waals surface area contributed by atoms with Crippen molar-refractivity contribution in [3.63, 3.8) is 0 Å². The smallest absolute Gasteiger partial charge is 0.165 e. The Morgan fingerprint density at radius 1 is 1.32 bits per heavy atom. The van der Waals surface area contributed by atoms with Gasteiger partial charge in [-0.1, -0.05) is 13.0 Å². The highest BCUT2D eigenvalue weighted by atomic mass is 16.5. The zero-order valence-corrected chi connectivity index (χ0v) is 13.8. The number of piperidine rings is 1. The van der Waals surface area contributed by atoms with E-state index in [4.69, 9.17) is 9.47 Å². The van der Waals surface area contributed by atoms with Gasteiger partial charge >= 0.3 is 0 Å². The lowest BCUT2D eigenvalue weighted by molar-refractivity contribution is -0.0686. The fourth-order valence-electron chi connectivity index (χ4n) is 6.25. The molecular weight excluding hydrogens is 274 g/mol. The first kappa shape index (κ1) is 13.2. The molecule has 3 nitrogen and oxygen atoms in total. The SMILES string of the molecule is COc1ccc2c3c1OC1CC[C@H](C)C4[C@@H](C2)N(C)CC[C@]314. The molecule has 4 aliphatic rings. The fraction of sp³-hybridized carbons (Fsp3) is 0.684. The van der Waals surface area contributed by atoms with Gasteiger partial charge in [0, 0.05) is 17.0 Å². The van der Waals surface area contributed by atoms with Crippen LogP contribution in [0.2, 0.25) is 0 Å². The summed E-state index contributed by atoms with van der Waals surface area (Å²) < 4.78 is 12.2. The van der Waals surface area contributed by atoms with E-state index in [1.165, 1.54) is 43.4 Å². The van der Waals surface area contributed by atoms with E-state index in [0.717, 1.165) is 23.3 Å². The van der Waals surface area contributed by atoms with Crippen molar-refractivity contribution in [3.05, 3.63) is 23.3 Å². The number of methoxy groups -OCH3 is 1. The second-order valence-corrected chi connectivity index (χ2v) is 7.86. The molecule has 0 N–H and O–H groups in total. The van der Waals surface area contributed by atoms with Crippen molar-refractivity contribution in [1.82, 2.24) is 4.90 Å². The number of likely N-dealkylation sites (tertiary alicyclic amines) is 1. The monoisotopic (exact) mass is 299 g/mol. The molecule has 1 saturated heterocycles. The van der Waals surface area contributed by atoms with Crippen LogP contribution in [0.3, 0.4) is 0 Å². The van der Waals surface area contributed by atoms with E-state index in [1.54, 1.807) is 7.11 Å². The molecule has 5 rings (SSSR count). The summed E-state index contributed by atoms with van der Waals surface area (Å²) in [5, 5.41) is 0. The van der Waals surface area contributed by atoms with E-state index >= 15 is 0 Å². The van der Waals surface area contributed by atoms with Crippen molar-refractivity contribution in [2.75, 3.05) is 20.7 Å². The first-order chi connectivity index (χ1) is 10.7. The van der Waals surface area contributed by atoms with Crippen molar-refractivity contribution >= 4 is 0 Å². The number of hydrogen-bond acceptors (Lipinski definition) is 3. The molecule has 5 atom stereocenters. The van der Waals surface area contributed by atoms with Crippen LogP contribution in [0.25, 0.3) is 0 Å². The summed E-state index contributed by atoms with van der Waals surface area (Å²) in [6.07, 6.45) is 5.29. The van der Waals surface area contributed by atoms with Gasteiger partial charge in [-0.2, -0.15) is 0 Å². The Hall–Kier alpha value is -1.22. The van der Waals surface area contributed by atoms with Crippen molar-refractivity contribution in [1.29, 1.82) is 0 Å². The lowest BCUT2D eigenvalue weighted by Gasteiger charge is -2.59. The second-order valence-electron chi connectivity index (χ2n) is 7.86. The van der Waals surface area contributed by atoms with Crippen LogP contribution in [0.15, 0.2) is 12.1 Å². The molecule has 2 bridgehead atoms. The molecule has 2 fully saturated rings. The molecule has 118 valence electrons. The maximum Gasteiger partial charge on any atom is 0.165 e. The van der Waals surface area contributed by atoms with Crippen LogP contribution < -0.4 is 9.47 Å². The summed E-state index contributed by atoms with van der Waals surface area (Å²) in [6.45, 7) is 3.67. The second kappa shape index (κ2) is 4.19. The third-order valence-corrected chi connectivity index (χ3v) is 7.11. The van der Waals surface area contributed by atoms with E-state index in [1.807, 2.05) is 0 Å². The first-order valence-electron chi connectivity index (χ1n) is 8.74. The highest BCUT2D eigenvalue weighted by Gasteiger charge is 2.64. The van der Waals surface area contributed by atoms with E-state index in [0.29, 0.717) is 12.1 Å². The molecule has 0 amide bonds. The van der Waals surface area contributed by atoms with Gasteiger partial charge in [0.15, 0.2) is 11.5 Å². The van der Waals surface area contributed by atoms with Crippen molar-refractivity contribution < 1.29 is 9.47 Å². The van der Waals surface area contributed by atoms with Crippen LogP contribution in [0, 0.1) is 11.8 Å². The van der Waals surface area contributed by atoms with Crippen LogP contribution in [0.5, 0.6) is 11.5 Å². The molecule has 0 radical (unpaired) electrons. The number of likely N-dealkylation sites (N-methyl/N-ethyl adjacent to an activating group) is 1. The molecule has 1 saturated carbocycles. The van der Waals surface area contributed by atoms with Gasteiger partial charge in [-0.05, 0) is 62.7 Å². The Balaban J connectivity index is 1.80. The van der Waals surface area contributed by atoms with Crippen LogP contribution >= 0.6 is 0 Å². The maximum absolute atomic E-state index is 6.54. The third kappa shape index (κ3) is 1.33. The summed E-state index contributed by atoms with van der Waals surface area (Å²) >= 11 is 0. The zero-order chi connectivity index (χ0) is 15.1. The van der Waals surface area contributed by atoms with E-state index < -0.39 is 0 Å². The average molecular weight is 299 g/mol. The Morgan fingerprint density at radius 3 is 3.00 bits per heavy atom. The molecule has 3 heteroatoms. The lowest BCUT2D eigenvalue weighted by atomic mass is 9.49. The molecule has 22 heavy (non-hydrogen) atoms. The van der Waals surface area contributed by atoms with Crippen LogP contribution in [0.1, 0.15) is 37.3 Å². The molecule has 2 aliphatic carbocycles. The van der Waals surface area contributed by atoms with E-state index in [9.17, 15) is 0 Å². The van der Waals surface area contributed by atoms with Gasteiger partial charge in [0.05, 0.1) is 7.11 Å². The van der Waals surface area contributed by atoms with E-state index in [2.05, 4.69) is 31.0 Å². The average Bonchev–Trinajstić information content (AvgIpc) is 2.86. The summed E-state index contributed by atoms with van der Waals surface area (Å²) in [4.78, 5) is 2.61. The largest absolute Gasteiger partial charge is 0.493 e. The predicted molar refractivity (Wildman–Crippen MR) is 85.7 cm³/mol. The van der Waals surface area contributed by atoms with Crippen LogP contribution in [0.4, 0.5) is 0 Å². The Kier molecular flexibility index (Phi) is 2.52. The molecule has 1 aromatic rings. The van der Waals surface area contributed by atoms with Gasteiger partial charge < -0.3 is 14.4 Å². The topological polar surface area (TPSA) is 21.7 Å². The van der Waals surface area contributed by atoms with Crippen LogP contribution in [-0.2, 0) is 11.8 Å². The molecule has 1 aromatic carbocycles. The fourth-order valence-corrected chi connectivity index (χ4v) is 6.25. The minimum Gasteiger partial charge on any atom is -0.493 e. The van der Waals surface area contributed by atoms with Gasteiger partial charge in [-0.15, -0.1) is 0 Å². The number of ether oxygens (including phenoxy) is 2. The van der Waals surface area contributed by atoms with Crippen molar-refractivity contribution in [2.45, 2.75) is 50.2 Å². The summed E-state index contributed by atoms with van der Waals surface area (Å²) in [7, 11) is 4.08. The Morgan fingerprint density at radius 2 is 2.18 bits per heavy atom. The minimum atomic E-state index is 0.256. The molecule has 2 heterocycles. The van der Waals surface area contributed by atoms with Gasteiger partial charge in [-0.25, -0.2) is 0 Å². The van der Waals surface area contributed by atoms with Gasteiger partial charge in [-0.3, -0.25) is 0 Å². The van der Waals surface area contributed by atoms with Gasteiger partial charge in [0.25, 0.3) is 0 Å². The van der Waals surface area contributed by atoms with Crippen molar-refractivity contribution in [2.24, 2.45) is 11.8 Å². The summed E-state index contributed by atoms with van der Waals surface area (Å²) in [5.41, 5.74) is 3.30. The molecular formula is C19H25NO2. The molecule has 0 aromatic heterocycles. The highest BCUT2D eigenvalue weighted by molar-refractivity contribution is 5.61. The Labute approximate surface area is 132 Å². The third-order valence-electron chi connectivity index (χ3n) is 7.11. The summed E-state index contributed by atoms with van der Waals surface area (Å²) in [6, 6.07) is 5.09. The molecule has 2 unspecified atom stereocenters. The van der Waals surface area contributed by atoms with Crippen molar-refractivity contribution in [3.8, 4) is 11.5 Å².